The smallest absolute Gasteiger partial charge is 0.407 e. The van der Waals surface area contributed by atoms with Gasteiger partial charge in [-0.1, -0.05) is 26.3 Å². The minimum Gasteiger partial charge on any atom is -0.491 e. The Labute approximate surface area is 326 Å². The number of nitrogens with one attached hydrogen (secondary N) is 2. The molecule has 18 heteroatoms. The largest absolute Gasteiger partial charge is 0.491 e. The van der Waals surface area contributed by atoms with Gasteiger partial charge < -0.3 is 58.0 Å². The summed E-state index contributed by atoms with van der Waals surface area (Å²) in [6.45, 7) is 19.4. The fourth-order valence-corrected chi connectivity index (χ4v) is 3.54. The fraction of sp³-hybridized carbons (Fsp3) is 0.474. The lowest BCUT2D eigenvalue weighted by Gasteiger charge is -2.19. The summed E-state index contributed by atoms with van der Waals surface area (Å²) >= 11 is 0. The first kappa shape index (κ1) is 48.1. The maximum Gasteiger partial charge on any atom is 0.407 e. The molecule has 56 heavy (non-hydrogen) atoms. The van der Waals surface area contributed by atoms with Crippen molar-refractivity contribution in [3.05, 3.63) is 72.9 Å². The molecule has 0 bridgehead atoms. The van der Waals surface area contributed by atoms with E-state index in [0.717, 1.165) is 0 Å². The van der Waals surface area contributed by atoms with Gasteiger partial charge in [0.15, 0.2) is 12.2 Å². The molecule has 0 fully saturated rings. The summed E-state index contributed by atoms with van der Waals surface area (Å²) < 4.78 is 53.1. The minimum atomic E-state index is -0.954. The maximum absolute atomic E-state index is 12.2. The Kier molecular flexibility index (Phi) is 23.8. The average Bonchev–Trinajstić information content (AvgIpc) is 3.15. The molecule has 1 rings (SSSR count). The third-order valence-electron chi connectivity index (χ3n) is 6.38. The zero-order chi connectivity index (χ0) is 41.9. The summed E-state index contributed by atoms with van der Waals surface area (Å²) in [7, 11) is 0. The van der Waals surface area contributed by atoms with Crippen LogP contribution < -0.4 is 20.1 Å². The lowest BCUT2D eigenvalue weighted by Crippen LogP contribution is -2.36. The first-order valence-electron chi connectivity index (χ1n) is 17.3. The molecule has 0 radical (unpaired) electrons. The molecule has 310 valence electrons. The highest BCUT2D eigenvalue weighted by molar-refractivity contribution is 5.88. The molecular formula is C38H52N2O16. The van der Waals surface area contributed by atoms with Crippen molar-refractivity contribution in [3.8, 4) is 11.5 Å². The first-order chi connectivity index (χ1) is 26.6. The van der Waals surface area contributed by atoms with Crippen LogP contribution in [0.2, 0.25) is 0 Å². The van der Waals surface area contributed by atoms with Crippen LogP contribution in [0.1, 0.15) is 27.7 Å². The third-order valence-corrected chi connectivity index (χ3v) is 6.38. The normalized spacial score (nSPS) is 11.4. The van der Waals surface area contributed by atoms with Crippen molar-refractivity contribution in [2.45, 2.75) is 39.9 Å². The second-order valence-corrected chi connectivity index (χ2v) is 11.8. The van der Waals surface area contributed by atoms with Crippen LogP contribution in [0.4, 0.5) is 9.59 Å². The van der Waals surface area contributed by atoms with Crippen LogP contribution >= 0.6 is 0 Å². The molecule has 18 nitrogen and oxygen atoms in total. The van der Waals surface area contributed by atoms with Gasteiger partial charge in [0.2, 0.25) is 0 Å². The Morgan fingerprint density at radius 2 is 0.804 bits per heavy atom. The predicted octanol–water partition coefficient (Wildman–Crippen LogP) is 3.14. The highest BCUT2D eigenvalue weighted by Gasteiger charge is 2.19. The molecule has 2 unspecified atom stereocenters. The third kappa shape index (κ3) is 23.0. The van der Waals surface area contributed by atoms with E-state index in [0.29, 0.717) is 11.5 Å². The van der Waals surface area contributed by atoms with Gasteiger partial charge in [-0.05, 0) is 52.0 Å². The van der Waals surface area contributed by atoms with Crippen molar-refractivity contribution in [1.29, 1.82) is 0 Å². The van der Waals surface area contributed by atoms with Crippen LogP contribution in [-0.2, 0) is 57.1 Å². The zero-order valence-electron chi connectivity index (χ0n) is 32.3. The number of alkyl carbamates (subject to hydrolysis) is 2. The number of rotatable bonds is 28. The Morgan fingerprint density at radius 3 is 1.12 bits per heavy atom. The molecule has 2 amide bonds. The number of benzene rings is 1. The van der Waals surface area contributed by atoms with Crippen molar-refractivity contribution < 1.29 is 76.1 Å². The van der Waals surface area contributed by atoms with E-state index in [1.165, 1.54) is 27.7 Å². The predicted molar refractivity (Wildman–Crippen MR) is 199 cm³/mol. The summed E-state index contributed by atoms with van der Waals surface area (Å²) in [5.41, 5.74) is 0.785. The number of carbonyl (C=O) groups is 6. The van der Waals surface area contributed by atoms with Gasteiger partial charge in [-0.25, -0.2) is 28.8 Å². The maximum atomic E-state index is 12.2. The summed E-state index contributed by atoms with van der Waals surface area (Å²) in [5.74, 6) is -1.47. The molecule has 1 aromatic rings. The van der Waals surface area contributed by atoms with Crippen LogP contribution in [0.15, 0.2) is 72.9 Å². The molecule has 2 N–H and O–H groups in total. The summed E-state index contributed by atoms with van der Waals surface area (Å²) in [6, 6.07) is 6.70. The number of amides is 2. The van der Waals surface area contributed by atoms with Crippen LogP contribution in [0.5, 0.6) is 11.5 Å². The molecular weight excluding hydrogens is 740 g/mol. The van der Waals surface area contributed by atoms with Crippen LogP contribution in [-0.4, -0.2) is 127 Å². The molecule has 1 aromatic carbocycles. The summed E-state index contributed by atoms with van der Waals surface area (Å²) in [4.78, 5) is 71.0. The van der Waals surface area contributed by atoms with Crippen LogP contribution in [0, 0.1) is 0 Å². The van der Waals surface area contributed by atoms with E-state index < -0.39 is 48.3 Å². The quantitative estimate of drug-likeness (QED) is 0.0539. The van der Waals surface area contributed by atoms with Crippen molar-refractivity contribution >= 4 is 36.1 Å². The fourth-order valence-electron chi connectivity index (χ4n) is 3.54. The van der Waals surface area contributed by atoms with E-state index in [2.05, 4.69) is 36.9 Å². The van der Waals surface area contributed by atoms with E-state index in [1.54, 1.807) is 24.3 Å². The van der Waals surface area contributed by atoms with Gasteiger partial charge >= 0.3 is 36.1 Å². The summed E-state index contributed by atoms with van der Waals surface area (Å²) in [6.07, 6.45) is -3.58. The van der Waals surface area contributed by atoms with Gasteiger partial charge in [0.1, 0.15) is 51.1 Å². The average molecular weight is 793 g/mol. The lowest BCUT2D eigenvalue weighted by atomic mass is 10.3. The Balaban J connectivity index is 2.46. The first-order valence-corrected chi connectivity index (χ1v) is 17.3. The molecule has 0 spiro atoms. The molecule has 0 aliphatic carbocycles. The summed E-state index contributed by atoms with van der Waals surface area (Å²) in [5, 5.41) is 4.85. The highest BCUT2D eigenvalue weighted by Crippen LogP contribution is 2.17. The molecule has 2 atom stereocenters. The number of hydrogen-bond donors (Lipinski definition) is 2. The Hall–Kier alpha value is -5.88. The Morgan fingerprint density at radius 1 is 0.482 bits per heavy atom. The molecule has 0 aliphatic heterocycles. The van der Waals surface area contributed by atoms with E-state index in [-0.39, 0.29) is 101 Å². The second kappa shape index (κ2) is 27.7. The van der Waals surface area contributed by atoms with Crippen LogP contribution in [0.25, 0.3) is 0 Å². The number of ether oxygens (including phenoxy) is 10. The molecule has 0 aromatic heterocycles. The second-order valence-electron chi connectivity index (χ2n) is 11.8. The van der Waals surface area contributed by atoms with Gasteiger partial charge in [0.25, 0.3) is 0 Å². The van der Waals surface area contributed by atoms with E-state index in [4.69, 9.17) is 47.4 Å². The molecule has 0 aliphatic rings. The molecule has 0 saturated heterocycles. The van der Waals surface area contributed by atoms with Crippen LogP contribution in [0.3, 0.4) is 0 Å². The number of hydrogen-bond acceptors (Lipinski definition) is 16. The Bertz CT molecular complexity index is 1400. The molecule has 0 saturated carbocycles. The van der Waals surface area contributed by atoms with Crippen molar-refractivity contribution in [3.63, 3.8) is 0 Å². The molecule has 0 heterocycles. The van der Waals surface area contributed by atoms with E-state index in [1.807, 2.05) is 0 Å². The topological polar surface area (TPSA) is 219 Å². The SMILES string of the molecule is C=C(C)C(=O)OCCNC(=O)OC(COCCOc1ccc(OCCOCC(COC(=O)C(=C)C)OC(=O)NCCOC(=O)C(=C)C)cc1)COC(=O)C(=C)C. The van der Waals surface area contributed by atoms with Crippen molar-refractivity contribution in [1.82, 2.24) is 10.6 Å². The minimum absolute atomic E-state index is 0.0168. The highest BCUT2D eigenvalue weighted by atomic mass is 16.6. The van der Waals surface area contributed by atoms with Crippen molar-refractivity contribution in [2.24, 2.45) is 0 Å². The van der Waals surface area contributed by atoms with Gasteiger partial charge in [0, 0.05) is 22.3 Å². The van der Waals surface area contributed by atoms with Gasteiger partial charge in [-0.3, -0.25) is 0 Å². The number of carbonyl (C=O) groups excluding carboxylic acids is 6. The lowest BCUT2D eigenvalue weighted by molar-refractivity contribution is -0.144. The monoisotopic (exact) mass is 792 g/mol. The van der Waals surface area contributed by atoms with E-state index >= 15 is 0 Å². The zero-order valence-corrected chi connectivity index (χ0v) is 32.3. The van der Waals surface area contributed by atoms with Gasteiger partial charge in [-0.15, -0.1) is 0 Å². The van der Waals surface area contributed by atoms with Gasteiger partial charge in [0.05, 0.1) is 39.5 Å². The van der Waals surface area contributed by atoms with Crippen molar-refractivity contribution in [2.75, 3.05) is 79.2 Å². The van der Waals surface area contributed by atoms with E-state index in [9.17, 15) is 28.8 Å². The van der Waals surface area contributed by atoms with Gasteiger partial charge in [-0.2, -0.15) is 0 Å². The number of esters is 4. The standard InChI is InChI=1S/C38H52N2O16/c1-25(2)33(41)51-15-13-39-37(45)55-31(23-53-35(43)27(5)6)21-47-17-19-49-29-9-11-30(12-10-29)50-20-18-48-22-32(24-54-36(44)28(7)8)56-38(46)40-14-16-52-34(42)26(3)4/h9-12,31-32H,1,3,5,7,13-24H2,2,4,6,8H3,(H,39,45)(H,40,46).